The number of nitrogens with zero attached hydrogens (tertiary/aromatic N) is 1. The highest BCUT2D eigenvalue weighted by molar-refractivity contribution is 7.14. The third-order valence-corrected chi connectivity index (χ3v) is 3.73. The van der Waals surface area contributed by atoms with Gasteiger partial charge in [0.15, 0.2) is 0 Å². The second-order valence-corrected chi connectivity index (χ2v) is 4.92. The lowest BCUT2D eigenvalue weighted by Gasteiger charge is -2.04. The number of rotatable bonds is 1. The van der Waals surface area contributed by atoms with Gasteiger partial charge < -0.3 is 5.73 Å². The molecule has 2 N–H and O–H groups in total. The summed E-state index contributed by atoms with van der Waals surface area (Å²) in [6, 6.07) is 3.35. The highest BCUT2D eigenvalue weighted by Gasteiger charge is 2.13. The second-order valence-electron chi connectivity index (χ2n) is 2.78. The van der Waals surface area contributed by atoms with Gasteiger partial charge in [-0.2, -0.15) is 0 Å². The van der Waals surface area contributed by atoms with E-state index in [9.17, 15) is 0 Å². The lowest BCUT2D eigenvalue weighted by molar-refractivity contribution is 1.35. The van der Waals surface area contributed by atoms with Crippen LogP contribution in [0.15, 0.2) is 17.5 Å². The number of anilines is 1. The Morgan fingerprint density at radius 3 is 2.47 bits per heavy atom. The summed E-state index contributed by atoms with van der Waals surface area (Å²) in [5.74, 6) is 0.250. The molecule has 0 spiro atoms. The van der Waals surface area contributed by atoms with Crippen LogP contribution in [0.2, 0.25) is 15.1 Å². The van der Waals surface area contributed by atoms with Gasteiger partial charge in [-0.05, 0) is 17.5 Å². The van der Waals surface area contributed by atoms with E-state index >= 15 is 0 Å². The maximum absolute atomic E-state index is 6.01. The molecule has 0 aromatic carbocycles. The van der Waals surface area contributed by atoms with Crippen molar-refractivity contribution in [2.75, 3.05) is 5.73 Å². The van der Waals surface area contributed by atoms with Crippen molar-refractivity contribution in [2.24, 2.45) is 0 Å². The Labute approximate surface area is 106 Å². The molecule has 0 aliphatic rings. The van der Waals surface area contributed by atoms with Gasteiger partial charge in [0.2, 0.25) is 0 Å². The average Bonchev–Trinajstić information content (AvgIpc) is 2.58. The quantitative estimate of drug-likeness (QED) is 0.842. The summed E-state index contributed by atoms with van der Waals surface area (Å²) in [5.41, 5.74) is 6.17. The molecule has 6 heteroatoms. The predicted octanol–water partition coefficient (Wildman–Crippen LogP) is 4.35. The van der Waals surface area contributed by atoms with E-state index in [1.54, 1.807) is 12.1 Å². The van der Waals surface area contributed by atoms with Gasteiger partial charge >= 0.3 is 0 Å². The Morgan fingerprint density at radius 1 is 1.13 bits per heavy atom. The maximum Gasteiger partial charge on any atom is 0.143 e. The van der Waals surface area contributed by atoms with Gasteiger partial charge in [-0.3, -0.25) is 0 Å². The summed E-state index contributed by atoms with van der Waals surface area (Å²) in [4.78, 5) is 4.91. The van der Waals surface area contributed by atoms with Crippen molar-refractivity contribution in [1.29, 1.82) is 0 Å². The molecule has 2 nitrogen and oxygen atoms in total. The number of thiophene rings is 1. The van der Waals surface area contributed by atoms with Crippen LogP contribution in [-0.4, -0.2) is 4.98 Å². The smallest absolute Gasteiger partial charge is 0.143 e. The lowest BCUT2D eigenvalue weighted by Crippen LogP contribution is -1.93. The molecule has 78 valence electrons. The molecular formula is C9H5Cl3N2S. The number of pyridine rings is 1. The minimum absolute atomic E-state index is 0.250. The van der Waals surface area contributed by atoms with Crippen LogP contribution in [0.25, 0.3) is 10.6 Å². The summed E-state index contributed by atoms with van der Waals surface area (Å²) in [6.45, 7) is 0. The highest BCUT2D eigenvalue weighted by Crippen LogP contribution is 2.38. The molecule has 15 heavy (non-hydrogen) atoms. The number of nitrogen functional groups attached to an aromatic ring is 1. The van der Waals surface area contributed by atoms with Gasteiger partial charge in [0, 0.05) is 0 Å². The molecule has 0 saturated heterocycles. The Hall–Kier alpha value is -0.480. The minimum Gasteiger partial charge on any atom is -0.382 e. The van der Waals surface area contributed by atoms with E-state index in [2.05, 4.69) is 4.98 Å². The zero-order valence-electron chi connectivity index (χ0n) is 7.30. The first-order valence-electron chi connectivity index (χ1n) is 3.94. The van der Waals surface area contributed by atoms with Gasteiger partial charge in [0.25, 0.3) is 0 Å². The fourth-order valence-electron chi connectivity index (χ4n) is 1.10. The topological polar surface area (TPSA) is 38.9 Å². The van der Waals surface area contributed by atoms with Crippen molar-refractivity contribution in [1.82, 2.24) is 4.98 Å². The maximum atomic E-state index is 6.01. The first kappa shape index (κ1) is 11.0. The molecule has 2 heterocycles. The summed E-state index contributed by atoms with van der Waals surface area (Å²) in [6.07, 6.45) is 0. The third-order valence-electron chi connectivity index (χ3n) is 1.79. The molecule has 0 saturated carbocycles. The molecule has 0 atom stereocenters. The van der Waals surface area contributed by atoms with Crippen LogP contribution >= 0.6 is 46.1 Å². The van der Waals surface area contributed by atoms with Crippen molar-refractivity contribution >= 4 is 52.0 Å². The molecular weight excluding hydrogens is 275 g/mol. The molecule has 0 fully saturated rings. The van der Waals surface area contributed by atoms with Crippen LogP contribution in [0.4, 0.5) is 5.82 Å². The Balaban J connectivity index is 2.64. The predicted molar refractivity (Wildman–Crippen MR) is 67.0 cm³/mol. The van der Waals surface area contributed by atoms with E-state index in [0.717, 1.165) is 4.88 Å². The monoisotopic (exact) mass is 278 g/mol. The zero-order chi connectivity index (χ0) is 11.0. The molecule has 0 aliphatic carbocycles. The number of halogens is 3. The largest absolute Gasteiger partial charge is 0.382 e. The van der Waals surface area contributed by atoms with Gasteiger partial charge in [-0.15, -0.1) is 11.3 Å². The third kappa shape index (κ3) is 2.06. The van der Waals surface area contributed by atoms with E-state index in [1.165, 1.54) is 11.3 Å². The van der Waals surface area contributed by atoms with Crippen molar-refractivity contribution in [3.63, 3.8) is 0 Å². The van der Waals surface area contributed by atoms with Crippen molar-refractivity contribution in [3.05, 3.63) is 32.6 Å². The molecule has 0 unspecified atom stereocenters. The summed E-state index contributed by atoms with van der Waals surface area (Å²) < 4.78 is 0. The standard InChI is InChI=1S/C9H5Cl3N2S/c10-4-1-2-15-8(4)7-5(11)3-6(12)9(13)14-7/h1-3H,(H2,13,14). The van der Waals surface area contributed by atoms with E-state index in [-0.39, 0.29) is 5.82 Å². The molecule has 2 aromatic heterocycles. The molecule has 0 bridgehead atoms. The van der Waals surface area contributed by atoms with Gasteiger partial charge in [-0.25, -0.2) is 4.98 Å². The fourth-order valence-corrected chi connectivity index (χ4v) is 2.76. The summed E-state index contributed by atoms with van der Waals surface area (Å²) in [7, 11) is 0. The van der Waals surface area contributed by atoms with E-state index in [0.29, 0.717) is 20.8 Å². The van der Waals surface area contributed by atoms with Gasteiger partial charge in [0.1, 0.15) is 11.5 Å². The molecule has 2 aromatic rings. The number of nitrogens with two attached hydrogens (primary N) is 1. The minimum atomic E-state index is 0.250. The Bertz CT molecular complexity index is 510. The van der Waals surface area contributed by atoms with Crippen LogP contribution in [0, 0.1) is 0 Å². The highest BCUT2D eigenvalue weighted by atomic mass is 35.5. The summed E-state index contributed by atoms with van der Waals surface area (Å²) in [5, 5.41) is 3.26. The van der Waals surface area contributed by atoms with Crippen molar-refractivity contribution in [3.8, 4) is 10.6 Å². The number of hydrogen-bond acceptors (Lipinski definition) is 3. The normalized spacial score (nSPS) is 10.6. The fraction of sp³-hybridized carbons (Fsp3) is 0. The van der Waals surface area contributed by atoms with E-state index in [1.807, 2.05) is 5.38 Å². The SMILES string of the molecule is Nc1nc(-c2sccc2Cl)c(Cl)cc1Cl. The van der Waals surface area contributed by atoms with Crippen LogP contribution in [0.3, 0.4) is 0 Å². The van der Waals surface area contributed by atoms with E-state index in [4.69, 9.17) is 40.5 Å². The van der Waals surface area contributed by atoms with Crippen molar-refractivity contribution in [2.45, 2.75) is 0 Å². The Kier molecular flexibility index (Phi) is 3.07. The summed E-state index contributed by atoms with van der Waals surface area (Å²) >= 11 is 19.2. The molecule has 0 aliphatic heterocycles. The van der Waals surface area contributed by atoms with Gasteiger partial charge in [0.05, 0.1) is 19.9 Å². The Morgan fingerprint density at radius 2 is 1.87 bits per heavy atom. The van der Waals surface area contributed by atoms with E-state index < -0.39 is 0 Å². The molecule has 2 rings (SSSR count). The lowest BCUT2D eigenvalue weighted by atomic mass is 10.3. The van der Waals surface area contributed by atoms with Crippen molar-refractivity contribution < 1.29 is 0 Å². The van der Waals surface area contributed by atoms with Crippen LogP contribution < -0.4 is 5.73 Å². The van der Waals surface area contributed by atoms with Gasteiger partial charge in [-0.1, -0.05) is 34.8 Å². The first-order chi connectivity index (χ1) is 7.09. The zero-order valence-corrected chi connectivity index (χ0v) is 10.4. The van der Waals surface area contributed by atoms with Crippen LogP contribution in [-0.2, 0) is 0 Å². The molecule has 0 amide bonds. The number of aromatic nitrogens is 1. The second kappa shape index (κ2) is 4.18. The first-order valence-corrected chi connectivity index (χ1v) is 5.96. The van der Waals surface area contributed by atoms with Crippen LogP contribution in [0.5, 0.6) is 0 Å². The average molecular weight is 280 g/mol. The molecule has 0 radical (unpaired) electrons. The number of hydrogen-bond donors (Lipinski definition) is 1. The van der Waals surface area contributed by atoms with Crippen LogP contribution in [0.1, 0.15) is 0 Å².